The number of methoxy groups -OCH3 is 1. The second-order valence-corrected chi connectivity index (χ2v) is 5.89. The van der Waals surface area contributed by atoms with Gasteiger partial charge in [-0.25, -0.2) is 22.2 Å². The first kappa shape index (κ1) is 13.6. The zero-order chi connectivity index (χ0) is 12.5. The lowest BCUT2D eigenvalue weighted by atomic mass is 10.3. The van der Waals surface area contributed by atoms with Gasteiger partial charge in [0.25, 0.3) is 15.5 Å². The number of hydrogen-bond donors (Lipinski definition) is 0. The van der Waals surface area contributed by atoms with Crippen LogP contribution >= 0.6 is 26.6 Å². The van der Waals surface area contributed by atoms with Crippen molar-refractivity contribution in [1.29, 1.82) is 0 Å². The minimum Gasteiger partial charge on any atom is -0.495 e. The Balaban J connectivity index is 3.50. The molecular formula is C7H5BrClF2NO3S. The molecule has 0 aliphatic rings. The lowest BCUT2D eigenvalue weighted by Crippen LogP contribution is -2.02. The Hall–Kier alpha value is -0.470. The van der Waals surface area contributed by atoms with E-state index in [1.165, 1.54) is 0 Å². The van der Waals surface area contributed by atoms with E-state index in [1.54, 1.807) is 0 Å². The van der Waals surface area contributed by atoms with E-state index < -0.39 is 26.1 Å². The van der Waals surface area contributed by atoms with Gasteiger partial charge in [0.1, 0.15) is 20.9 Å². The molecule has 90 valence electrons. The first-order chi connectivity index (χ1) is 7.27. The Morgan fingerprint density at radius 2 is 2.12 bits per heavy atom. The van der Waals surface area contributed by atoms with Gasteiger partial charge in [0.05, 0.1) is 7.11 Å². The topological polar surface area (TPSA) is 56.3 Å². The fourth-order valence-electron chi connectivity index (χ4n) is 0.959. The van der Waals surface area contributed by atoms with E-state index in [-0.39, 0.29) is 10.4 Å². The summed E-state index contributed by atoms with van der Waals surface area (Å²) in [6.07, 6.45) is -2.88. The molecule has 16 heavy (non-hydrogen) atoms. The van der Waals surface area contributed by atoms with Gasteiger partial charge in [0.2, 0.25) is 0 Å². The highest BCUT2D eigenvalue weighted by Gasteiger charge is 2.23. The molecule has 0 unspecified atom stereocenters. The average molecular weight is 337 g/mol. The van der Waals surface area contributed by atoms with Crippen LogP contribution in [0, 0.1) is 0 Å². The maximum absolute atomic E-state index is 12.5. The zero-order valence-corrected chi connectivity index (χ0v) is 10.9. The van der Waals surface area contributed by atoms with Crippen LogP contribution in [0.5, 0.6) is 5.75 Å². The van der Waals surface area contributed by atoms with E-state index in [4.69, 9.17) is 10.7 Å². The van der Waals surface area contributed by atoms with Gasteiger partial charge < -0.3 is 4.74 Å². The van der Waals surface area contributed by atoms with E-state index in [9.17, 15) is 17.2 Å². The molecule has 0 saturated carbocycles. The van der Waals surface area contributed by atoms with Crippen molar-refractivity contribution in [2.45, 2.75) is 11.3 Å². The molecule has 0 radical (unpaired) electrons. The number of ether oxygens (including phenoxy) is 1. The van der Waals surface area contributed by atoms with E-state index in [1.807, 2.05) is 0 Å². The highest BCUT2D eigenvalue weighted by molar-refractivity contribution is 9.10. The van der Waals surface area contributed by atoms with Gasteiger partial charge in [-0.15, -0.1) is 0 Å². The summed E-state index contributed by atoms with van der Waals surface area (Å²) < 4.78 is 51.4. The van der Waals surface area contributed by atoms with Crippen molar-refractivity contribution in [2.24, 2.45) is 0 Å². The van der Waals surface area contributed by atoms with Crippen LogP contribution in [0.15, 0.2) is 15.6 Å². The molecule has 0 aliphatic heterocycles. The van der Waals surface area contributed by atoms with Crippen molar-refractivity contribution in [3.8, 4) is 5.75 Å². The summed E-state index contributed by atoms with van der Waals surface area (Å²) in [6.45, 7) is 0. The molecule has 0 atom stereocenters. The minimum absolute atomic E-state index is 0.279. The molecule has 1 aromatic heterocycles. The molecule has 0 aromatic carbocycles. The second-order valence-electron chi connectivity index (χ2n) is 2.60. The van der Waals surface area contributed by atoms with E-state index in [2.05, 4.69) is 25.7 Å². The molecular weight excluding hydrogens is 332 g/mol. The predicted molar refractivity (Wildman–Crippen MR) is 56.5 cm³/mol. The van der Waals surface area contributed by atoms with Crippen LogP contribution in [0.2, 0.25) is 0 Å². The van der Waals surface area contributed by atoms with Crippen LogP contribution in [0.4, 0.5) is 8.78 Å². The Labute approximate surface area is 103 Å². The van der Waals surface area contributed by atoms with Gasteiger partial charge in [-0.1, -0.05) is 0 Å². The summed E-state index contributed by atoms with van der Waals surface area (Å²) in [5.74, 6) is -0.336. The summed E-state index contributed by atoms with van der Waals surface area (Å²) in [5.41, 5.74) is -0.654. The molecule has 0 spiro atoms. The van der Waals surface area contributed by atoms with Crippen LogP contribution in [0.25, 0.3) is 0 Å². The van der Waals surface area contributed by atoms with Crippen LogP contribution in [-0.2, 0) is 9.05 Å². The fourth-order valence-corrected chi connectivity index (χ4v) is 3.03. The number of nitrogens with zero attached hydrogens (tertiary/aromatic N) is 1. The van der Waals surface area contributed by atoms with Gasteiger partial charge >= 0.3 is 0 Å². The fraction of sp³-hybridized carbons (Fsp3) is 0.286. The number of halogens is 4. The average Bonchev–Trinajstić information content (AvgIpc) is 2.15. The third-order valence-electron chi connectivity index (χ3n) is 1.63. The van der Waals surface area contributed by atoms with E-state index in [0.29, 0.717) is 0 Å². The normalized spacial score (nSPS) is 11.9. The van der Waals surface area contributed by atoms with Crippen molar-refractivity contribution in [3.63, 3.8) is 0 Å². The van der Waals surface area contributed by atoms with E-state index >= 15 is 0 Å². The predicted octanol–water partition coefficient (Wildman–Crippen LogP) is 2.72. The Kier molecular flexibility index (Phi) is 4.08. The number of aromatic nitrogens is 1. The SMILES string of the molecule is COc1cc(S(=O)(=O)Cl)c(Br)nc1C(F)F. The molecule has 0 N–H and O–H groups in total. The lowest BCUT2D eigenvalue weighted by molar-refractivity contribution is 0.141. The Morgan fingerprint density at radius 3 is 2.50 bits per heavy atom. The molecule has 1 rings (SSSR count). The standard InChI is InChI=1S/C7H5BrClF2NO3S/c1-15-3-2-4(16(9,13)14)6(8)12-5(3)7(10)11/h2,7H,1H3. The Bertz CT molecular complexity index is 509. The van der Waals surface area contributed by atoms with E-state index in [0.717, 1.165) is 13.2 Å². The van der Waals surface area contributed by atoms with Crippen molar-refractivity contribution >= 4 is 35.7 Å². The van der Waals surface area contributed by atoms with Gasteiger partial charge in [0, 0.05) is 16.7 Å². The summed E-state index contributed by atoms with van der Waals surface area (Å²) >= 11 is 2.75. The molecule has 1 heterocycles. The quantitative estimate of drug-likeness (QED) is 0.629. The number of pyridine rings is 1. The highest BCUT2D eigenvalue weighted by Crippen LogP contribution is 2.34. The molecule has 9 heteroatoms. The molecule has 1 aromatic rings. The lowest BCUT2D eigenvalue weighted by Gasteiger charge is -2.09. The third-order valence-corrected chi connectivity index (χ3v) is 3.83. The molecule has 0 aliphatic carbocycles. The summed E-state index contributed by atoms with van der Waals surface area (Å²) in [6, 6.07) is 0.890. The third kappa shape index (κ3) is 2.80. The zero-order valence-electron chi connectivity index (χ0n) is 7.75. The molecule has 0 bridgehead atoms. The molecule has 0 amide bonds. The first-order valence-electron chi connectivity index (χ1n) is 3.74. The second kappa shape index (κ2) is 4.80. The monoisotopic (exact) mass is 335 g/mol. The van der Waals surface area contributed by atoms with Crippen LogP contribution in [-0.4, -0.2) is 20.5 Å². The van der Waals surface area contributed by atoms with Crippen LogP contribution in [0.3, 0.4) is 0 Å². The molecule has 0 saturated heterocycles. The summed E-state index contributed by atoms with van der Waals surface area (Å²) in [4.78, 5) is 2.97. The minimum atomic E-state index is -4.07. The maximum atomic E-state index is 12.5. The molecule has 4 nitrogen and oxygen atoms in total. The van der Waals surface area contributed by atoms with Crippen molar-refractivity contribution < 1.29 is 21.9 Å². The van der Waals surface area contributed by atoms with Crippen LogP contribution in [0.1, 0.15) is 12.1 Å². The summed E-state index contributed by atoms with van der Waals surface area (Å²) in [7, 11) is 2.14. The smallest absolute Gasteiger partial charge is 0.284 e. The van der Waals surface area contributed by atoms with Gasteiger partial charge in [0.15, 0.2) is 0 Å². The number of hydrogen-bond acceptors (Lipinski definition) is 4. The maximum Gasteiger partial charge on any atom is 0.284 e. The van der Waals surface area contributed by atoms with Crippen molar-refractivity contribution in [2.75, 3.05) is 7.11 Å². The first-order valence-corrected chi connectivity index (χ1v) is 6.85. The van der Waals surface area contributed by atoms with Crippen molar-refractivity contribution in [1.82, 2.24) is 4.98 Å². The highest BCUT2D eigenvalue weighted by atomic mass is 79.9. The van der Waals surface area contributed by atoms with Crippen LogP contribution < -0.4 is 4.74 Å². The van der Waals surface area contributed by atoms with Crippen molar-refractivity contribution in [3.05, 3.63) is 16.4 Å². The van der Waals surface area contributed by atoms with Gasteiger partial charge in [-0.3, -0.25) is 0 Å². The largest absolute Gasteiger partial charge is 0.495 e. The van der Waals surface area contributed by atoms with Gasteiger partial charge in [-0.05, 0) is 15.9 Å². The summed E-state index contributed by atoms with van der Waals surface area (Å²) in [5, 5.41) is 0. The number of alkyl halides is 2. The van der Waals surface area contributed by atoms with Gasteiger partial charge in [-0.2, -0.15) is 0 Å². The Morgan fingerprint density at radius 1 is 1.56 bits per heavy atom. The number of rotatable bonds is 3. The molecule has 0 fully saturated rings.